The van der Waals surface area contributed by atoms with Crippen molar-refractivity contribution in [3.05, 3.63) is 52.8 Å². The lowest BCUT2D eigenvalue weighted by Crippen LogP contribution is -2.48. The highest BCUT2D eigenvalue weighted by atomic mass is 16.7. The lowest BCUT2D eigenvalue weighted by atomic mass is 9.64. The third kappa shape index (κ3) is 2.22. The zero-order valence-electron chi connectivity index (χ0n) is 19.0. The summed E-state index contributed by atoms with van der Waals surface area (Å²) in [7, 11) is 0. The molecule has 3 aliphatic rings. The normalized spacial score (nSPS) is 26.4. The first kappa shape index (κ1) is 19.5. The van der Waals surface area contributed by atoms with Gasteiger partial charge in [-0.2, -0.15) is 0 Å². The quantitative estimate of drug-likeness (QED) is 0.425. The number of esters is 1. The molecule has 0 amide bonds. The van der Waals surface area contributed by atoms with Crippen LogP contribution in [0.1, 0.15) is 56.1 Å². The van der Waals surface area contributed by atoms with Crippen molar-refractivity contribution in [1.82, 2.24) is 9.97 Å². The number of hydrogen-bond acceptors (Lipinski definition) is 6. The number of aryl methyl sites for hydroxylation is 2. The van der Waals surface area contributed by atoms with E-state index in [-0.39, 0.29) is 18.2 Å². The molecule has 1 fully saturated rings. The van der Waals surface area contributed by atoms with Crippen molar-refractivity contribution < 1.29 is 19.0 Å². The Morgan fingerprint density at radius 3 is 2.09 bits per heavy atom. The van der Waals surface area contributed by atoms with Gasteiger partial charge in [-0.25, -0.2) is 9.97 Å². The topological polar surface area (TPSA) is 70.5 Å². The molecule has 0 radical (unpaired) electrons. The lowest BCUT2D eigenvalue weighted by molar-refractivity contribution is -0.145. The van der Waals surface area contributed by atoms with E-state index in [4.69, 9.17) is 24.2 Å². The van der Waals surface area contributed by atoms with E-state index in [1.165, 1.54) is 0 Å². The Bertz CT molecular complexity index is 1310. The lowest BCUT2D eigenvalue weighted by Gasteiger charge is -2.38. The van der Waals surface area contributed by atoms with Gasteiger partial charge in [0.1, 0.15) is 11.2 Å². The monoisotopic (exact) mass is 430 g/mol. The van der Waals surface area contributed by atoms with Gasteiger partial charge in [-0.05, 0) is 55.4 Å². The molecule has 0 N–H and O–H groups in total. The predicted octanol–water partition coefficient (Wildman–Crippen LogP) is 4.91. The molecule has 6 rings (SSSR count). The van der Waals surface area contributed by atoms with E-state index in [0.29, 0.717) is 29.2 Å². The SMILES string of the molecule is Cc1cc(C)cc(OC(=O)C23CCC(C)(c4nc5cc6c(cc5nc42)OCO6)C3(C)C)c1. The van der Waals surface area contributed by atoms with E-state index in [9.17, 15) is 4.79 Å². The average Bonchev–Trinajstić information content (AvgIpc) is 3.29. The van der Waals surface area contributed by atoms with Crippen LogP contribution in [0.4, 0.5) is 0 Å². The standard InChI is InChI=1S/C26H26N2O4/c1-14-8-15(2)10-16(9-14)32-23(29)26-7-6-25(5,24(26,3)4)21-22(26)28-18-12-20-19(30-13-31-20)11-17(18)27-21/h8-12H,6-7,13H2,1-5H3. The van der Waals surface area contributed by atoms with Crippen LogP contribution in [-0.2, 0) is 15.6 Å². The van der Waals surface area contributed by atoms with E-state index in [0.717, 1.165) is 34.5 Å². The summed E-state index contributed by atoms with van der Waals surface area (Å²) in [6, 6.07) is 9.62. The van der Waals surface area contributed by atoms with Gasteiger partial charge in [-0.15, -0.1) is 0 Å². The molecule has 164 valence electrons. The van der Waals surface area contributed by atoms with E-state index >= 15 is 0 Å². The first-order chi connectivity index (χ1) is 15.2. The number of fused-ring (bicyclic) bond motifs is 7. The number of nitrogens with zero attached hydrogens (tertiary/aromatic N) is 2. The second-order valence-corrected chi connectivity index (χ2v) is 10.2. The largest absolute Gasteiger partial charge is 0.454 e. The summed E-state index contributed by atoms with van der Waals surface area (Å²) >= 11 is 0. The van der Waals surface area contributed by atoms with Gasteiger partial charge in [0.2, 0.25) is 6.79 Å². The molecule has 1 saturated carbocycles. The Kier molecular flexibility index (Phi) is 3.66. The Morgan fingerprint density at radius 2 is 1.47 bits per heavy atom. The van der Waals surface area contributed by atoms with Crippen LogP contribution in [0.15, 0.2) is 30.3 Å². The van der Waals surface area contributed by atoms with Gasteiger partial charge in [-0.1, -0.05) is 26.8 Å². The van der Waals surface area contributed by atoms with Gasteiger partial charge in [0.25, 0.3) is 0 Å². The molecule has 0 saturated heterocycles. The Hall–Kier alpha value is -3.15. The summed E-state index contributed by atoms with van der Waals surface area (Å²) in [5.41, 5.74) is 3.71. The van der Waals surface area contributed by atoms with Crippen LogP contribution in [0.3, 0.4) is 0 Å². The number of hydrogen-bond donors (Lipinski definition) is 0. The number of rotatable bonds is 2. The number of carbonyl (C=O) groups is 1. The number of ether oxygens (including phenoxy) is 3. The molecule has 6 heteroatoms. The fraction of sp³-hybridized carbons (Fsp3) is 0.423. The molecule has 6 nitrogen and oxygen atoms in total. The van der Waals surface area contributed by atoms with Gasteiger partial charge < -0.3 is 14.2 Å². The summed E-state index contributed by atoms with van der Waals surface area (Å²) in [6.45, 7) is 10.7. The molecule has 2 bridgehead atoms. The Balaban J connectivity index is 1.53. The molecular weight excluding hydrogens is 404 g/mol. The van der Waals surface area contributed by atoms with E-state index < -0.39 is 10.8 Å². The van der Waals surface area contributed by atoms with E-state index in [2.05, 4.69) is 26.8 Å². The van der Waals surface area contributed by atoms with E-state index in [1.807, 2.05) is 38.1 Å². The minimum atomic E-state index is -0.855. The van der Waals surface area contributed by atoms with Gasteiger partial charge >= 0.3 is 5.97 Å². The van der Waals surface area contributed by atoms with Gasteiger partial charge in [-0.3, -0.25) is 4.79 Å². The van der Waals surface area contributed by atoms with Crippen LogP contribution >= 0.6 is 0 Å². The molecular formula is C26H26N2O4. The minimum Gasteiger partial charge on any atom is -0.454 e. The van der Waals surface area contributed by atoms with Crippen LogP contribution in [-0.4, -0.2) is 22.7 Å². The third-order valence-electron chi connectivity index (χ3n) is 8.29. The first-order valence-electron chi connectivity index (χ1n) is 11.1. The van der Waals surface area contributed by atoms with Crippen LogP contribution in [0.5, 0.6) is 17.2 Å². The van der Waals surface area contributed by atoms with Crippen molar-refractivity contribution in [3.63, 3.8) is 0 Å². The van der Waals surface area contributed by atoms with Crippen LogP contribution in [0.25, 0.3) is 11.0 Å². The van der Waals surface area contributed by atoms with Gasteiger partial charge in [0.05, 0.1) is 22.4 Å². The highest BCUT2D eigenvalue weighted by Crippen LogP contribution is 2.70. The van der Waals surface area contributed by atoms with Gasteiger partial charge in [0.15, 0.2) is 11.5 Å². The summed E-state index contributed by atoms with van der Waals surface area (Å²) in [5, 5.41) is 0. The highest BCUT2D eigenvalue weighted by molar-refractivity contribution is 5.91. The summed E-state index contributed by atoms with van der Waals surface area (Å²) < 4.78 is 17.1. The Morgan fingerprint density at radius 1 is 0.875 bits per heavy atom. The molecule has 1 aliphatic heterocycles. The first-order valence-corrected chi connectivity index (χ1v) is 11.1. The van der Waals surface area contributed by atoms with Crippen molar-refractivity contribution in [2.24, 2.45) is 5.41 Å². The van der Waals surface area contributed by atoms with Crippen LogP contribution in [0.2, 0.25) is 0 Å². The van der Waals surface area contributed by atoms with Crippen molar-refractivity contribution in [3.8, 4) is 17.2 Å². The van der Waals surface area contributed by atoms with Crippen LogP contribution < -0.4 is 14.2 Å². The molecule has 2 aromatic carbocycles. The molecule has 2 heterocycles. The van der Waals surface area contributed by atoms with E-state index in [1.54, 1.807) is 0 Å². The van der Waals surface area contributed by atoms with Crippen molar-refractivity contribution in [2.45, 2.75) is 58.3 Å². The number of aromatic nitrogens is 2. The summed E-state index contributed by atoms with van der Waals surface area (Å²) in [4.78, 5) is 24.0. The fourth-order valence-electron chi connectivity index (χ4n) is 6.13. The van der Waals surface area contributed by atoms with Crippen molar-refractivity contribution in [1.29, 1.82) is 0 Å². The van der Waals surface area contributed by atoms with Crippen LogP contribution in [0, 0.1) is 19.3 Å². The maximum atomic E-state index is 13.9. The molecule has 2 atom stereocenters. The van der Waals surface area contributed by atoms with Crippen molar-refractivity contribution in [2.75, 3.05) is 6.79 Å². The highest BCUT2D eigenvalue weighted by Gasteiger charge is 2.74. The minimum absolute atomic E-state index is 0.197. The summed E-state index contributed by atoms with van der Waals surface area (Å²) in [5.74, 6) is 1.68. The second-order valence-electron chi connectivity index (χ2n) is 10.2. The third-order valence-corrected chi connectivity index (χ3v) is 8.29. The molecule has 2 aliphatic carbocycles. The fourth-order valence-corrected chi connectivity index (χ4v) is 6.13. The molecule has 2 unspecified atom stereocenters. The van der Waals surface area contributed by atoms with Crippen molar-refractivity contribution >= 4 is 17.0 Å². The second kappa shape index (κ2) is 6.00. The average molecular weight is 431 g/mol. The summed E-state index contributed by atoms with van der Waals surface area (Å²) in [6.07, 6.45) is 1.55. The zero-order chi connectivity index (χ0) is 22.5. The zero-order valence-corrected chi connectivity index (χ0v) is 19.0. The maximum Gasteiger partial charge on any atom is 0.324 e. The molecule has 1 aromatic heterocycles. The molecule has 0 spiro atoms. The maximum absolute atomic E-state index is 13.9. The van der Waals surface area contributed by atoms with Gasteiger partial charge in [0, 0.05) is 17.5 Å². The molecule has 3 aromatic rings. The smallest absolute Gasteiger partial charge is 0.324 e. The number of benzene rings is 2. The number of carbonyl (C=O) groups excluding carboxylic acids is 1. The Labute approximate surface area is 186 Å². The molecule has 32 heavy (non-hydrogen) atoms. The predicted molar refractivity (Wildman–Crippen MR) is 119 cm³/mol.